The maximum Gasteiger partial charge on any atom is 0.501 e. The first-order valence-electron chi connectivity index (χ1n) is 8.77. The van der Waals surface area contributed by atoms with Crippen LogP contribution in [-0.2, 0) is 19.9 Å². The predicted molar refractivity (Wildman–Crippen MR) is 109 cm³/mol. The summed E-state index contributed by atoms with van der Waals surface area (Å²) in [6, 6.07) is 16.7. The second-order valence-electron chi connectivity index (χ2n) is 6.51. The topological polar surface area (TPSA) is 106 Å². The van der Waals surface area contributed by atoms with Crippen molar-refractivity contribution in [3.63, 3.8) is 0 Å². The molecule has 3 aromatic carbocycles. The highest BCUT2D eigenvalue weighted by molar-refractivity contribution is 7.93. The summed E-state index contributed by atoms with van der Waals surface area (Å²) in [4.78, 5) is -1.12. The number of halogens is 3. The lowest BCUT2D eigenvalue weighted by Gasteiger charge is -2.20. The van der Waals surface area contributed by atoms with Gasteiger partial charge in [0, 0.05) is 0 Å². The largest absolute Gasteiger partial charge is 0.501 e. The molecule has 0 amide bonds. The van der Waals surface area contributed by atoms with Crippen molar-refractivity contribution < 1.29 is 30.0 Å². The highest BCUT2D eigenvalue weighted by Gasteiger charge is 2.47. The van der Waals surface area contributed by atoms with E-state index in [4.69, 9.17) is 5.73 Å². The molecule has 3 N–H and O–H groups in total. The van der Waals surface area contributed by atoms with Crippen LogP contribution in [0, 0.1) is 0 Å². The smallest absolute Gasteiger partial charge is 0.320 e. The third-order valence-electron chi connectivity index (χ3n) is 4.43. The Kier molecular flexibility index (Phi) is 6.12. The molecule has 0 heterocycles. The molecule has 1 unspecified atom stereocenters. The molecular weight excluding hydrogens is 453 g/mol. The van der Waals surface area contributed by atoms with Gasteiger partial charge in [0.05, 0.1) is 21.5 Å². The average Bonchev–Trinajstić information content (AvgIpc) is 2.73. The van der Waals surface area contributed by atoms with Crippen molar-refractivity contribution >= 4 is 25.5 Å². The van der Waals surface area contributed by atoms with Crippen LogP contribution >= 0.6 is 0 Å². The van der Waals surface area contributed by atoms with Gasteiger partial charge >= 0.3 is 5.51 Å². The number of anilines is 1. The Labute approximate surface area is 177 Å². The van der Waals surface area contributed by atoms with Crippen LogP contribution in [0.3, 0.4) is 0 Å². The summed E-state index contributed by atoms with van der Waals surface area (Å²) in [5.41, 5.74) is 0.845. The molecule has 0 bridgehead atoms. The van der Waals surface area contributed by atoms with Gasteiger partial charge in [0.15, 0.2) is 0 Å². The van der Waals surface area contributed by atoms with Crippen molar-refractivity contribution in [2.75, 3.05) is 4.72 Å². The molecule has 11 heteroatoms. The number of alkyl halides is 3. The zero-order valence-electron chi connectivity index (χ0n) is 15.7. The van der Waals surface area contributed by atoms with E-state index in [1.54, 1.807) is 36.4 Å². The fourth-order valence-corrected chi connectivity index (χ4v) is 4.74. The number of hydrogen-bond acceptors (Lipinski definition) is 5. The van der Waals surface area contributed by atoms with Crippen LogP contribution in [0.2, 0.25) is 0 Å². The van der Waals surface area contributed by atoms with E-state index >= 15 is 0 Å². The maximum atomic E-state index is 13.0. The molecule has 1 atom stereocenters. The fourth-order valence-electron chi connectivity index (χ4n) is 2.84. The lowest BCUT2D eigenvalue weighted by atomic mass is 9.98. The molecule has 31 heavy (non-hydrogen) atoms. The van der Waals surface area contributed by atoms with E-state index in [0.29, 0.717) is 11.6 Å². The van der Waals surface area contributed by atoms with E-state index in [-0.39, 0.29) is 16.1 Å². The molecule has 0 saturated carbocycles. The second-order valence-corrected chi connectivity index (χ2v) is 10.1. The maximum absolute atomic E-state index is 13.0. The lowest BCUT2D eigenvalue weighted by molar-refractivity contribution is -0.0436. The van der Waals surface area contributed by atoms with Gasteiger partial charge in [-0.15, -0.1) is 0 Å². The zero-order chi connectivity index (χ0) is 22.9. The molecular formula is C20H17F3N2O4S2. The van der Waals surface area contributed by atoms with Crippen molar-refractivity contribution in [2.24, 2.45) is 5.73 Å². The van der Waals surface area contributed by atoms with E-state index in [9.17, 15) is 30.0 Å². The summed E-state index contributed by atoms with van der Waals surface area (Å²) >= 11 is 0. The molecule has 3 aromatic rings. The van der Waals surface area contributed by atoms with Gasteiger partial charge in [-0.25, -0.2) is 16.8 Å². The van der Waals surface area contributed by atoms with E-state index in [1.165, 1.54) is 24.3 Å². The monoisotopic (exact) mass is 470 g/mol. The number of rotatable bonds is 6. The lowest BCUT2D eigenvalue weighted by Crippen LogP contribution is -2.24. The van der Waals surface area contributed by atoms with Crippen molar-refractivity contribution in [3.8, 4) is 0 Å². The van der Waals surface area contributed by atoms with Crippen LogP contribution in [0.1, 0.15) is 17.2 Å². The molecule has 0 aliphatic heterocycles. The minimum absolute atomic E-state index is 0.0822. The Morgan fingerprint density at radius 1 is 0.774 bits per heavy atom. The van der Waals surface area contributed by atoms with Crippen LogP contribution in [0.25, 0.3) is 0 Å². The van der Waals surface area contributed by atoms with Crippen LogP contribution in [0.15, 0.2) is 88.7 Å². The van der Waals surface area contributed by atoms with Crippen LogP contribution in [-0.4, -0.2) is 22.3 Å². The quantitative estimate of drug-likeness (QED) is 0.570. The number of nitrogens with two attached hydrogens (primary N) is 1. The van der Waals surface area contributed by atoms with Gasteiger partial charge < -0.3 is 5.73 Å². The Bertz CT molecular complexity index is 1280. The molecule has 164 valence electrons. The summed E-state index contributed by atoms with van der Waals surface area (Å²) in [6.45, 7) is 0. The number of sulfonamides is 1. The van der Waals surface area contributed by atoms with Gasteiger partial charge in [0.1, 0.15) is 0 Å². The summed E-state index contributed by atoms with van der Waals surface area (Å²) < 4.78 is 90.6. The molecule has 0 spiro atoms. The first-order valence-corrected chi connectivity index (χ1v) is 11.7. The summed E-state index contributed by atoms with van der Waals surface area (Å²) in [6.07, 6.45) is 0. The fraction of sp³-hybridized carbons (Fsp3) is 0.100. The van der Waals surface area contributed by atoms with E-state index in [2.05, 4.69) is 4.72 Å². The first kappa shape index (κ1) is 22.8. The number of benzene rings is 3. The number of sulfone groups is 1. The van der Waals surface area contributed by atoms with E-state index in [0.717, 1.165) is 12.1 Å². The van der Waals surface area contributed by atoms with Crippen molar-refractivity contribution in [1.29, 1.82) is 0 Å². The minimum atomic E-state index is -5.66. The molecule has 6 nitrogen and oxygen atoms in total. The van der Waals surface area contributed by atoms with Gasteiger partial charge in [-0.05, 0) is 41.5 Å². The summed E-state index contributed by atoms with van der Waals surface area (Å²) in [7, 11) is -9.77. The SMILES string of the molecule is NC(c1ccccc1)c1cc(S(=O)(=O)C(F)(F)F)ccc1NS(=O)(=O)c1ccccc1. The van der Waals surface area contributed by atoms with Crippen LogP contribution in [0.5, 0.6) is 0 Å². The molecule has 0 radical (unpaired) electrons. The zero-order valence-corrected chi connectivity index (χ0v) is 17.4. The summed E-state index contributed by atoms with van der Waals surface area (Å²) in [5, 5.41) is 0. The Morgan fingerprint density at radius 3 is 1.87 bits per heavy atom. The first-order chi connectivity index (χ1) is 14.4. The predicted octanol–water partition coefficient (Wildman–Crippen LogP) is 3.83. The Balaban J connectivity index is 2.15. The highest BCUT2D eigenvalue weighted by Crippen LogP contribution is 2.35. The third-order valence-corrected chi connectivity index (χ3v) is 7.29. The Morgan fingerprint density at radius 2 is 1.32 bits per heavy atom. The molecule has 0 aliphatic carbocycles. The van der Waals surface area contributed by atoms with Gasteiger partial charge in [-0.2, -0.15) is 13.2 Å². The number of nitrogens with one attached hydrogen (secondary N) is 1. The van der Waals surface area contributed by atoms with Gasteiger partial charge in [0.2, 0.25) is 0 Å². The van der Waals surface area contributed by atoms with Crippen molar-refractivity contribution in [2.45, 2.75) is 21.3 Å². The van der Waals surface area contributed by atoms with Gasteiger partial charge in [-0.3, -0.25) is 4.72 Å². The van der Waals surface area contributed by atoms with E-state index in [1.807, 2.05) is 0 Å². The minimum Gasteiger partial charge on any atom is -0.320 e. The standard InChI is InChI=1S/C20H17F3N2O4S2/c21-20(22,23)30(26,27)16-11-12-18(25-31(28,29)15-9-5-2-6-10-15)17(13-16)19(24)14-7-3-1-4-8-14/h1-13,19,25H,24H2. The molecule has 0 fully saturated rings. The third kappa shape index (κ3) is 4.73. The second kappa shape index (κ2) is 8.33. The normalized spacial score (nSPS) is 13.5. The Hall–Kier alpha value is -2.89. The van der Waals surface area contributed by atoms with E-state index < -0.39 is 36.3 Å². The number of hydrogen-bond donors (Lipinski definition) is 2. The highest BCUT2D eigenvalue weighted by atomic mass is 32.2. The van der Waals surface area contributed by atoms with Gasteiger partial charge in [-0.1, -0.05) is 48.5 Å². The molecule has 0 aliphatic rings. The molecule has 0 saturated heterocycles. The molecule has 3 rings (SSSR count). The van der Waals surface area contributed by atoms with Crippen LogP contribution in [0.4, 0.5) is 18.9 Å². The summed E-state index contributed by atoms with van der Waals surface area (Å²) in [5.74, 6) is 0. The van der Waals surface area contributed by atoms with Crippen LogP contribution < -0.4 is 10.5 Å². The van der Waals surface area contributed by atoms with Crippen molar-refractivity contribution in [1.82, 2.24) is 0 Å². The van der Waals surface area contributed by atoms with Gasteiger partial charge in [0.25, 0.3) is 19.9 Å². The van der Waals surface area contributed by atoms with Crippen molar-refractivity contribution in [3.05, 3.63) is 90.0 Å². The average molecular weight is 470 g/mol. The molecule has 0 aromatic heterocycles.